The number of rotatable bonds is 4. The molecule has 8 heteroatoms. The van der Waals surface area contributed by atoms with Crippen molar-refractivity contribution in [2.24, 2.45) is 0 Å². The Hall–Kier alpha value is -1.93. The minimum absolute atomic E-state index is 0.00148. The molecule has 0 saturated carbocycles. The molecule has 3 heterocycles. The number of aromatic nitrogens is 3. The van der Waals surface area contributed by atoms with E-state index in [1.165, 1.54) is 10.6 Å². The summed E-state index contributed by atoms with van der Waals surface area (Å²) in [5.74, 6) is -0.00148. The first-order chi connectivity index (χ1) is 10.9. The topological polar surface area (TPSA) is 77.1 Å². The van der Waals surface area contributed by atoms with Gasteiger partial charge in [-0.25, -0.2) is 4.98 Å². The fourth-order valence-electron chi connectivity index (χ4n) is 2.68. The molecule has 0 saturated heterocycles. The van der Waals surface area contributed by atoms with Crippen molar-refractivity contribution >= 4 is 28.1 Å². The highest BCUT2D eigenvalue weighted by atomic mass is 32.1. The van der Waals surface area contributed by atoms with Crippen LogP contribution < -0.4 is 10.2 Å². The lowest BCUT2D eigenvalue weighted by Gasteiger charge is -2.25. The second-order valence-corrected chi connectivity index (χ2v) is 7.14. The number of amides is 1. The standard InChI is InChI=1S/C15H22N6OS/c1-9-14(10(2)19-18-9)17-13(22)8-21-6-5-11-12(7-21)23-15(16-11)20(3)4/h5-8H2,1-4H3,(H,17,22)(H,18,19). The first-order valence-electron chi connectivity index (χ1n) is 7.63. The molecule has 0 aromatic carbocycles. The molecule has 2 aromatic heterocycles. The summed E-state index contributed by atoms with van der Waals surface area (Å²) in [5, 5.41) is 11.0. The molecule has 124 valence electrons. The normalized spacial score (nSPS) is 14.6. The number of nitrogens with zero attached hydrogens (tertiary/aromatic N) is 4. The highest BCUT2D eigenvalue weighted by Crippen LogP contribution is 2.29. The zero-order chi connectivity index (χ0) is 16.6. The molecule has 0 aliphatic carbocycles. The van der Waals surface area contributed by atoms with Gasteiger partial charge in [0.25, 0.3) is 0 Å². The largest absolute Gasteiger partial charge is 0.354 e. The quantitative estimate of drug-likeness (QED) is 0.887. The number of hydrogen-bond donors (Lipinski definition) is 2. The molecule has 7 nitrogen and oxygen atoms in total. The Morgan fingerprint density at radius 1 is 1.43 bits per heavy atom. The number of carbonyl (C=O) groups is 1. The summed E-state index contributed by atoms with van der Waals surface area (Å²) < 4.78 is 0. The zero-order valence-electron chi connectivity index (χ0n) is 13.9. The lowest BCUT2D eigenvalue weighted by Crippen LogP contribution is -2.36. The third-order valence-corrected chi connectivity index (χ3v) is 5.19. The second-order valence-electron chi connectivity index (χ2n) is 6.08. The van der Waals surface area contributed by atoms with Gasteiger partial charge in [-0.1, -0.05) is 0 Å². The molecule has 2 N–H and O–H groups in total. The summed E-state index contributed by atoms with van der Waals surface area (Å²) in [6.45, 7) is 5.83. The Morgan fingerprint density at radius 3 is 2.87 bits per heavy atom. The first kappa shape index (κ1) is 15.9. The number of anilines is 2. The number of aromatic amines is 1. The number of hydrogen-bond acceptors (Lipinski definition) is 6. The van der Waals surface area contributed by atoms with E-state index in [0.717, 1.165) is 41.7 Å². The minimum atomic E-state index is -0.00148. The van der Waals surface area contributed by atoms with E-state index < -0.39 is 0 Å². The van der Waals surface area contributed by atoms with Gasteiger partial charge in [0.1, 0.15) is 0 Å². The molecule has 1 amide bonds. The SMILES string of the molecule is Cc1n[nH]c(C)c1NC(=O)CN1CCc2nc(N(C)C)sc2C1. The maximum absolute atomic E-state index is 12.3. The molecule has 0 unspecified atom stereocenters. The van der Waals surface area contributed by atoms with Crippen molar-refractivity contribution in [1.82, 2.24) is 20.1 Å². The Kier molecular flexibility index (Phi) is 4.36. The van der Waals surface area contributed by atoms with Crippen LogP contribution in [0.2, 0.25) is 0 Å². The molecular formula is C15H22N6OS. The molecule has 3 rings (SSSR count). The van der Waals surface area contributed by atoms with Gasteiger partial charge < -0.3 is 10.2 Å². The van der Waals surface area contributed by atoms with E-state index in [9.17, 15) is 4.79 Å². The minimum Gasteiger partial charge on any atom is -0.354 e. The van der Waals surface area contributed by atoms with Gasteiger partial charge in [-0.2, -0.15) is 5.10 Å². The van der Waals surface area contributed by atoms with E-state index in [1.807, 2.05) is 32.8 Å². The lowest BCUT2D eigenvalue weighted by molar-refractivity contribution is -0.117. The summed E-state index contributed by atoms with van der Waals surface area (Å²) in [7, 11) is 4.01. The van der Waals surface area contributed by atoms with Crippen LogP contribution in [-0.2, 0) is 17.8 Å². The van der Waals surface area contributed by atoms with Crippen LogP contribution in [0.4, 0.5) is 10.8 Å². The molecule has 23 heavy (non-hydrogen) atoms. The number of aryl methyl sites for hydroxylation is 2. The van der Waals surface area contributed by atoms with Crippen LogP contribution >= 0.6 is 11.3 Å². The highest BCUT2D eigenvalue weighted by Gasteiger charge is 2.23. The molecule has 1 aliphatic heterocycles. The summed E-state index contributed by atoms with van der Waals surface area (Å²) in [5.41, 5.74) is 3.67. The molecule has 2 aromatic rings. The van der Waals surface area contributed by atoms with Crippen LogP contribution in [0.15, 0.2) is 0 Å². The van der Waals surface area contributed by atoms with E-state index >= 15 is 0 Å². The van der Waals surface area contributed by atoms with Gasteiger partial charge in [0.15, 0.2) is 5.13 Å². The Bertz CT molecular complexity index is 700. The van der Waals surface area contributed by atoms with E-state index in [2.05, 4.69) is 25.4 Å². The van der Waals surface area contributed by atoms with E-state index in [0.29, 0.717) is 6.54 Å². The van der Waals surface area contributed by atoms with Crippen LogP contribution in [0.25, 0.3) is 0 Å². The zero-order valence-corrected chi connectivity index (χ0v) is 14.8. The van der Waals surface area contributed by atoms with E-state index in [4.69, 9.17) is 0 Å². The number of thiazole rings is 1. The van der Waals surface area contributed by atoms with Crippen molar-refractivity contribution in [3.05, 3.63) is 22.0 Å². The van der Waals surface area contributed by atoms with E-state index in [1.54, 1.807) is 11.3 Å². The van der Waals surface area contributed by atoms with Gasteiger partial charge in [-0.15, -0.1) is 11.3 Å². The van der Waals surface area contributed by atoms with Crippen molar-refractivity contribution in [3.63, 3.8) is 0 Å². The molecule has 0 radical (unpaired) electrons. The Morgan fingerprint density at radius 2 is 2.22 bits per heavy atom. The maximum atomic E-state index is 12.3. The molecule has 0 atom stereocenters. The average molecular weight is 334 g/mol. The lowest BCUT2D eigenvalue weighted by atomic mass is 10.2. The van der Waals surface area contributed by atoms with Crippen molar-refractivity contribution in [2.75, 3.05) is 37.4 Å². The highest BCUT2D eigenvalue weighted by molar-refractivity contribution is 7.15. The molecular weight excluding hydrogens is 312 g/mol. The van der Waals surface area contributed by atoms with Crippen LogP contribution in [-0.4, -0.2) is 53.2 Å². The smallest absolute Gasteiger partial charge is 0.238 e. The summed E-state index contributed by atoms with van der Waals surface area (Å²) in [6, 6.07) is 0. The molecule has 0 fully saturated rings. The average Bonchev–Trinajstić information content (AvgIpc) is 3.05. The van der Waals surface area contributed by atoms with Crippen molar-refractivity contribution in [2.45, 2.75) is 26.8 Å². The molecule has 0 spiro atoms. The van der Waals surface area contributed by atoms with Crippen molar-refractivity contribution in [1.29, 1.82) is 0 Å². The van der Waals surface area contributed by atoms with Crippen LogP contribution in [0.5, 0.6) is 0 Å². The Labute approximate surface area is 139 Å². The molecule has 0 bridgehead atoms. The third kappa shape index (κ3) is 3.37. The van der Waals surface area contributed by atoms with Crippen molar-refractivity contribution in [3.8, 4) is 0 Å². The fraction of sp³-hybridized carbons (Fsp3) is 0.533. The van der Waals surface area contributed by atoms with Crippen molar-refractivity contribution < 1.29 is 4.79 Å². The number of carbonyl (C=O) groups excluding carboxylic acids is 1. The van der Waals surface area contributed by atoms with Crippen LogP contribution in [0.1, 0.15) is 22.0 Å². The Balaban J connectivity index is 1.62. The van der Waals surface area contributed by atoms with Gasteiger partial charge in [-0.3, -0.25) is 14.8 Å². The fourth-order valence-corrected chi connectivity index (χ4v) is 3.75. The van der Waals surface area contributed by atoms with Gasteiger partial charge in [-0.05, 0) is 13.8 Å². The number of nitrogens with one attached hydrogen (secondary N) is 2. The van der Waals surface area contributed by atoms with E-state index in [-0.39, 0.29) is 5.91 Å². The van der Waals surface area contributed by atoms with Gasteiger partial charge in [0.2, 0.25) is 5.91 Å². The second kappa shape index (κ2) is 6.29. The maximum Gasteiger partial charge on any atom is 0.238 e. The predicted octanol–water partition coefficient (Wildman–Crippen LogP) is 1.55. The summed E-state index contributed by atoms with van der Waals surface area (Å²) in [4.78, 5) is 22.4. The summed E-state index contributed by atoms with van der Waals surface area (Å²) >= 11 is 1.71. The first-order valence-corrected chi connectivity index (χ1v) is 8.45. The van der Waals surface area contributed by atoms with Gasteiger partial charge in [0.05, 0.1) is 29.3 Å². The third-order valence-electron chi connectivity index (χ3n) is 3.94. The molecule has 1 aliphatic rings. The number of fused-ring (bicyclic) bond motifs is 1. The number of H-pyrrole nitrogens is 1. The monoisotopic (exact) mass is 334 g/mol. The summed E-state index contributed by atoms with van der Waals surface area (Å²) in [6.07, 6.45) is 0.900. The van der Waals surface area contributed by atoms with Crippen LogP contribution in [0, 0.1) is 13.8 Å². The van der Waals surface area contributed by atoms with Gasteiger partial charge in [0, 0.05) is 38.5 Å². The van der Waals surface area contributed by atoms with Crippen LogP contribution in [0.3, 0.4) is 0 Å². The predicted molar refractivity (Wildman–Crippen MR) is 92.1 cm³/mol. The van der Waals surface area contributed by atoms with Gasteiger partial charge >= 0.3 is 0 Å².